The maximum absolute atomic E-state index is 11.9. The van der Waals surface area contributed by atoms with Gasteiger partial charge in [-0.1, -0.05) is 12.1 Å². The van der Waals surface area contributed by atoms with Crippen molar-refractivity contribution in [2.75, 3.05) is 45.8 Å². The molecule has 0 spiro atoms. The molecule has 0 bridgehead atoms. The number of aliphatic imine (C=N–C) groups is 1. The number of carbonyl (C=O) groups excluding carboxylic acids is 1. The second-order valence-corrected chi connectivity index (χ2v) is 8.08. The van der Waals surface area contributed by atoms with Crippen molar-refractivity contribution in [1.82, 2.24) is 15.5 Å². The molecule has 0 radical (unpaired) electrons. The molecular formula is C20H32N4O2S. The normalized spacial score (nSPS) is 14.0. The number of thioether (sulfide) groups is 1. The number of nitrogens with one attached hydrogen (secondary N) is 2. The summed E-state index contributed by atoms with van der Waals surface area (Å²) in [5.74, 6) is 3.26. The summed E-state index contributed by atoms with van der Waals surface area (Å²) >= 11 is 1.77. The maximum Gasteiger partial charge on any atom is 0.241 e. The van der Waals surface area contributed by atoms with E-state index in [1.807, 2.05) is 0 Å². The van der Waals surface area contributed by atoms with E-state index in [0.29, 0.717) is 18.4 Å². The van der Waals surface area contributed by atoms with Crippen LogP contribution in [0.4, 0.5) is 0 Å². The van der Waals surface area contributed by atoms with Gasteiger partial charge in [-0.15, -0.1) is 0 Å². The van der Waals surface area contributed by atoms with Gasteiger partial charge in [0.2, 0.25) is 5.91 Å². The van der Waals surface area contributed by atoms with Crippen LogP contribution in [0.5, 0.6) is 5.75 Å². The predicted octanol–water partition coefficient (Wildman–Crippen LogP) is 2.27. The molecule has 1 aromatic rings. The quantitative estimate of drug-likeness (QED) is 0.363. The van der Waals surface area contributed by atoms with Crippen molar-refractivity contribution < 1.29 is 9.53 Å². The highest BCUT2D eigenvalue weighted by Gasteiger charge is 2.22. The second-order valence-electron chi connectivity index (χ2n) is 7.09. The van der Waals surface area contributed by atoms with Crippen molar-refractivity contribution in [1.29, 1.82) is 0 Å². The molecular weight excluding hydrogens is 360 g/mol. The molecule has 0 heterocycles. The predicted molar refractivity (Wildman–Crippen MR) is 114 cm³/mol. The van der Waals surface area contributed by atoms with Crippen LogP contribution in [-0.2, 0) is 11.3 Å². The molecule has 0 aromatic heterocycles. The van der Waals surface area contributed by atoms with Crippen LogP contribution in [0.15, 0.2) is 23.2 Å². The van der Waals surface area contributed by atoms with Gasteiger partial charge in [0.15, 0.2) is 5.96 Å². The Morgan fingerprint density at radius 1 is 1.33 bits per heavy atom. The number of nitrogens with zero attached hydrogens (tertiary/aromatic N) is 2. The lowest BCUT2D eigenvalue weighted by molar-refractivity contribution is -0.127. The summed E-state index contributed by atoms with van der Waals surface area (Å²) in [5, 5.41) is 6.40. The summed E-state index contributed by atoms with van der Waals surface area (Å²) in [7, 11) is 3.50. The van der Waals surface area contributed by atoms with Crippen LogP contribution in [0, 0.1) is 12.8 Å². The molecule has 0 saturated heterocycles. The Labute approximate surface area is 167 Å². The smallest absolute Gasteiger partial charge is 0.241 e. The van der Waals surface area contributed by atoms with Gasteiger partial charge >= 0.3 is 0 Å². The zero-order chi connectivity index (χ0) is 19.6. The largest absolute Gasteiger partial charge is 0.493 e. The van der Waals surface area contributed by atoms with Crippen molar-refractivity contribution in [3.05, 3.63) is 29.3 Å². The molecule has 1 amide bonds. The number of rotatable bonds is 10. The molecule has 6 nitrogen and oxygen atoms in total. The third kappa shape index (κ3) is 8.12. The van der Waals surface area contributed by atoms with E-state index in [4.69, 9.17) is 4.74 Å². The van der Waals surface area contributed by atoms with E-state index >= 15 is 0 Å². The van der Waals surface area contributed by atoms with Gasteiger partial charge < -0.3 is 20.3 Å². The highest BCUT2D eigenvalue weighted by Crippen LogP contribution is 2.30. The first-order chi connectivity index (χ1) is 13.0. The Bertz CT molecular complexity index is 645. The standard InChI is InChI=1S/C20H32N4O2S/c1-15-5-8-17(18(11-15)26-14-16-6-7-16)12-22-20(21-9-10-27-4)23-13-19(25)24(2)3/h5,8,11,16H,6-7,9-10,12-14H2,1-4H3,(H2,21,22,23). The van der Waals surface area contributed by atoms with E-state index < -0.39 is 0 Å². The summed E-state index contributed by atoms with van der Waals surface area (Å²) in [6, 6.07) is 6.24. The van der Waals surface area contributed by atoms with Gasteiger partial charge in [-0.05, 0) is 43.6 Å². The number of hydrogen-bond donors (Lipinski definition) is 2. The van der Waals surface area contributed by atoms with E-state index in [1.54, 1.807) is 30.8 Å². The molecule has 1 saturated carbocycles. The summed E-state index contributed by atoms with van der Waals surface area (Å²) in [4.78, 5) is 18.1. The van der Waals surface area contributed by atoms with Crippen LogP contribution >= 0.6 is 11.8 Å². The Morgan fingerprint density at radius 3 is 2.78 bits per heavy atom. The van der Waals surface area contributed by atoms with Crippen molar-refractivity contribution in [2.24, 2.45) is 10.9 Å². The Balaban J connectivity index is 2.02. The lowest BCUT2D eigenvalue weighted by Crippen LogP contribution is -2.43. The van der Waals surface area contributed by atoms with Gasteiger partial charge in [-0.2, -0.15) is 11.8 Å². The molecule has 0 unspecified atom stereocenters. The van der Waals surface area contributed by atoms with Crippen molar-refractivity contribution >= 4 is 23.6 Å². The molecule has 1 aliphatic carbocycles. The van der Waals surface area contributed by atoms with Crippen molar-refractivity contribution in [3.8, 4) is 5.75 Å². The third-order valence-corrected chi connectivity index (χ3v) is 4.92. The van der Waals surface area contributed by atoms with Gasteiger partial charge in [-0.3, -0.25) is 4.79 Å². The number of aryl methyl sites for hydroxylation is 1. The Morgan fingerprint density at radius 2 is 2.11 bits per heavy atom. The first kappa shape index (κ1) is 21.4. The third-order valence-electron chi connectivity index (χ3n) is 4.31. The lowest BCUT2D eigenvalue weighted by atomic mass is 10.1. The monoisotopic (exact) mass is 392 g/mol. The minimum atomic E-state index is 0.0122. The van der Waals surface area contributed by atoms with Crippen molar-refractivity contribution in [2.45, 2.75) is 26.3 Å². The number of guanidine groups is 1. The number of hydrogen-bond acceptors (Lipinski definition) is 4. The highest BCUT2D eigenvalue weighted by atomic mass is 32.2. The van der Waals surface area contributed by atoms with Gasteiger partial charge in [0.05, 0.1) is 19.7 Å². The molecule has 2 N–H and O–H groups in total. The molecule has 2 rings (SSSR count). The maximum atomic E-state index is 11.9. The Kier molecular flexibility index (Phi) is 8.78. The van der Waals surface area contributed by atoms with Gasteiger partial charge in [0.25, 0.3) is 0 Å². The minimum Gasteiger partial charge on any atom is -0.493 e. The van der Waals surface area contributed by atoms with E-state index in [2.05, 4.69) is 47.0 Å². The SMILES string of the molecule is CSCCNC(=NCc1ccc(C)cc1OCC1CC1)NCC(=O)N(C)C. The summed E-state index contributed by atoms with van der Waals surface area (Å²) in [5.41, 5.74) is 2.24. The molecule has 1 aromatic carbocycles. The van der Waals surface area contributed by atoms with Crippen LogP contribution in [0.2, 0.25) is 0 Å². The first-order valence-corrected chi connectivity index (χ1v) is 10.8. The summed E-state index contributed by atoms with van der Waals surface area (Å²) in [6.07, 6.45) is 4.61. The van der Waals surface area contributed by atoms with Gasteiger partial charge in [-0.25, -0.2) is 4.99 Å². The van der Waals surface area contributed by atoms with Crippen LogP contribution in [0.3, 0.4) is 0 Å². The highest BCUT2D eigenvalue weighted by molar-refractivity contribution is 7.98. The number of ether oxygens (including phenoxy) is 1. The minimum absolute atomic E-state index is 0.0122. The van der Waals surface area contributed by atoms with Crippen LogP contribution < -0.4 is 15.4 Å². The lowest BCUT2D eigenvalue weighted by Gasteiger charge is -2.15. The van der Waals surface area contributed by atoms with Gasteiger partial charge in [0.1, 0.15) is 5.75 Å². The summed E-state index contributed by atoms with van der Waals surface area (Å²) in [6.45, 7) is 4.37. The molecule has 150 valence electrons. The second kappa shape index (κ2) is 11.1. The first-order valence-electron chi connectivity index (χ1n) is 9.43. The van der Waals surface area contributed by atoms with E-state index in [-0.39, 0.29) is 12.5 Å². The molecule has 7 heteroatoms. The topological polar surface area (TPSA) is 66.0 Å². The Hall–Kier alpha value is -1.89. The van der Waals surface area contributed by atoms with E-state index in [1.165, 1.54) is 18.4 Å². The van der Waals surface area contributed by atoms with E-state index in [9.17, 15) is 4.79 Å². The number of amides is 1. The van der Waals surface area contributed by atoms with Gasteiger partial charge in [0, 0.05) is 32.0 Å². The molecule has 0 aliphatic heterocycles. The number of likely N-dealkylation sites (N-methyl/N-ethyl adjacent to an activating group) is 1. The fourth-order valence-electron chi connectivity index (χ4n) is 2.35. The molecule has 1 aliphatic rings. The van der Waals surface area contributed by atoms with Crippen molar-refractivity contribution in [3.63, 3.8) is 0 Å². The fraction of sp³-hybridized carbons (Fsp3) is 0.600. The average molecular weight is 393 g/mol. The fourth-order valence-corrected chi connectivity index (χ4v) is 2.65. The molecule has 0 atom stereocenters. The average Bonchev–Trinajstić information content (AvgIpc) is 3.47. The number of carbonyl (C=O) groups is 1. The zero-order valence-corrected chi connectivity index (χ0v) is 17.7. The summed E-state index contributed by atoms with van der Waals surface area (Å²) < 4.78 is 6.03. The zero-order valence-electron chi connectivity index (χ0n) is 16.9. The van der Waals surface area contributed by atoms with Crippen LogP contribution in [0.25, 0.3) is 0 Å². The number of benzene rings is 1. The van der Waals surface area contributed by atoms with Crippen LogP contribution in [0.1, 0.15) is 24.0 Å². The molecule has 1 fully saturated rings. The van der Waals surface area contributed by atoms with E-state index in [0.717, 1.165) is 30.2 Å². The molecule has 27 heavy (non-hydrogen) atoms. The van der Waals surface area contributed by atoms with Crippen LogP contribution in [-0.4, -0.2) is 62.6 Å².